The van der Waals surface area contributed by atoms with Gasteiger partial charge in [-0.2, -0.15) is 0 Å². The van der Waals surface area contributed by atoms with Gasteiger partial charge in [-0.3, -0.25) is 4.79 Å². The van der Waals surface area contributed by atoms with E-state index in [0.29, 0.717) is 27.3 Å². The van der Waals surface area contributed by atoms with Gasteiger partial charge >= 0.3 is 0 Å². The summed E-state index contributed by atoms with van der Waals surface area (Å²) in [4.78, 5) is 11.6. The lowest BCUT2D eigenvalue weighted by molar-refractivity contribution is 0.0958. The minimum absolute atomic E-state index is 0.232. The van der Waals surface area contributed by atoms with E-state index in [9.17, 15) is 4.79 Å². The lowest BCUT2D eigenvalue weighted by Crippen LogP contribution is -2.24. The summed E-state index contributed by atoms with van der Waals surface area (Å²) in [7, 11) is 0. The normalized spacial score (nSPS) is 9.73. The van der Waals surface area contributed by atoms with Crippen LogP contribution in [0.2, 0.25) is 5.02 Å². The number of carbonyl (C=O) groups is 1. The van der Waals surface area contributed by atoms with Crippen LogP contribution in [0.1, 0.15) is 10.4 Å². The molecule has 0 radical (unpaired) electrons. The summed E-state index contributed by atoms with van der Waals surface area (Å²) in [5.74, 6) is -0.232. The molecule has 3 nitrogen and oxygen atoms in total. The molecule has 0 aromatic heterocycles. The van der Waals surface area contributed by atoms with E-state index in [4.69, 9.17) is 17.3 Å². The largest absolute Gasteiger partial charge is 0.399 e. The van der Waals surface area contributed by atoms with Crippen LogP contribution in [0.5, 0.6) is 0 Å². The van der Waals surface area contributed by atoms with Crippen LogP contribution >= 0.6 is 27.5 Å². The molecule has 0 aliphatic rings. The molecule has 0 aliphatic carbocycles. The molecule has 15 heavy (non-hydrogen) atoms. The Balaban J connectivity index is 2.77. The molecule has 0 heterocycles. The van der Waals surface area contributed by atoms with Gasteiger partial charge in [-0.25, -0.2) is 0 Å². The van der Waals surface area contributed by atoms with E-state index in [1.165, 1.54) is 0 Å². The molecule has 0 unspecified atom stereocenters. The SMILES string of the molecule is C=C(Br)CNC(=O)c1cc(N)cc(Cl)c1. The number of rotatable bonds is 3. The predicted octanol–water partition coefficient (Wildman–Crippen LogP) is 2.56. The zero-order valence-corrected chi connectivity index (χ0v) is 10.2. The zero-order valence-electron chi connectivity index (χ0n) is 7.89. The maximum Gasteiger partial charge on any atom is 0.251 e. The van der Waals surface area contributed by atoms with Crippen molar-refractivity contribution in [3.63, 3.8) is 0 Å². The number of carbonyl (C=O) groups excluding carboxylic acids is 1. The third kappa shape index (κ3) is 3.93. The van der Waals surface area contributed by atoms with Crippen LogP contribution < -0.4 is 11.1 Å². The van der Waals surface area contributed by atoms with E-state index in [1.807, 2.05) is 0 Å². The molecular weight excluding hydrogens is 279 g/mol. The third-order valence-electron chi connectivity index (χ3n) is 1.62. The number of benzene rings is 1. The lowest BCUT2D eigenvalue weighted by Gasteiger charge is -2.05. The number of nitrogen functional groups attached to an aromatic ring is 1. The highest BCUT2D eigenvalue weighted by Crippen LogP contribution is 2.16. The number of hydrogen-bond donors (Lipinski definition) is 2. The summed E-state index contributed by atoms with van der Waals surface area (Å²) in [6, 6.07) is 4.71. The van der Waals surface area contributed by atoms with Gasteiger partial charge in [0.2, 0.25) is 0 Å². The molecule has 0 atom stereocenters. The molecule has 1 amide bonds. The Morgan fingerprint density at radius 3 is 2.73 bits per heavy atom. The zero-order chi connectivity index (χ0) is 11.4. The summed E-state index contributed by atoms with van der Waals surface area (Å²) in [6.45, 7) is 3.97. The first kappa shape index (κ1) is 12.1. The van der Waals surface area contributed by atoms with Crippen molar-refractivity contribution in [1.82, 2.24) is 5.32 Å². The van der Waals surface area contributed by atoms with Crippen molar-refractivity contribution in [3.8, 4) is 0 Å². The first-order chi connectivity index (χ1) is 6.99. The molecule has 3 N–H and O–H groups in total. The van der Waals surface area contributed by atoms with E-state index in [1.54, 1.807) is 18.2 Å². The standard InChI is InChI=1S/C10H10BrClN2O/c1-6(11)5-14-10(15)7-2-8(12)4-9(13)3-7/h2-4H,1,5,13H2,(H,14,15). The maximum atomic E-state index is 11.6. The Labute approximate surface area is 101 Å². The van der Waals surface area contributed by atoms with Crippen molar-refractivity contribution in [2.75, 3.05) is 12.3 Å². The average Bonchev–Trinajstić information content (AvgIpc) is 2.12. The smallest absolute Gasteiger partial charge is 0.251 e. The molecule has 0 spiro atoms. The van der Waals surface area contributed by atoms with Crippen LogP contribution in [0.25, 0.3) is 0 Å². The second kappa shape index (κ2) is 5.19. The molecule has 1 aromatic rings. The van der Waals surface area contributed by atoms with Gasteiger partial charge in [0.25, 0.3) is 5.91 Å². The Kier molecular flexibility index (Phi) is 4.17. The molecule has 0 saturated carbocycles. The average molecular weight is 290 g/mol. The van der Waals surface area contributed by atoms with Gasteiger partial charge in [-0.1, -0.05) is 34.1 Å². The maximum absolute atomic E-state index is 11.6. The Hall–Kier alpha value is -1.00. The second-order valence-electron chi connectivity index (χ2n) is 2.97. The van der Waals surface area contributed by atoms with Crippen molar-refractivity contribution in [1.29, 1.82) is 0 Å². The minimum atomic E-state index is -0.232. The van der Waals surface area contributed by atoms with Gasteiger partial charge in [0.05, 0.1) is 0 Å². The fraction of sp³-hybridized carbons (Fsp3) is 0.100. The van der Waals surface area contributed by atoms with Crippen molar-refractivity contribution in [2.45, 2.75) is 0 Å². The van der Waals surface area contributed by atoms with Gasteiger partial charge in [0.15, 0.2) is 0 Å². The summed E-state index contributed by atoms with van der Waals surface area (Å²) >= 11 is 8.91. The first-order valence-corrected chi connectivity index (χ1v) is 5.33. The molecule has 5 heteroatoms. The van der Waals surface area contributed by atoms with Crippen LogP contribution in [0.4, 0.5) is 5.69 Å². The fourth-order valence-corrected chi connectivity index (χ4v) is 1.41. The Morgan fingerprint density at radius 2 is 2.20 bits per heavy atom. The van der Waals surface area contributed by atoms with E-state index in [-0.39, 0.29) is 5.91 Å². The highest BCUT2D eigenvalue weighted by molar-refractivity contribution is 9.11. The highest BCUT2D eigenvalue weighted by Gasteiger charge is 2.06. The van der Waals surface area contributed by atoms with E-state index < -0.39 is 0 Å². The van der Waals surface area contributed by atoms with Gasteiger partial charge < -0.3 is 11.1 Å². The molecule has 1 aromatic carbocycles. The Morgan fingerprint density at radius 1 is 1.53 bits per heavy atom. The molecule has 0 saturated heterocycles. The van der Waals surface area contributed by atoms with Crippen LogP contribution in [0.3, 0.4) is 0 Å². The lowest BCUT2D eigenvalue weighted by atomic mass is 10.2. The quantitative estimate of drug-likeness (QED) is 0.840. The van der Waals surface area contributed by atoms with Gasteiger partial charge in [-0.05, 0) is 18.2 Å². The Bertz CT molecular complexity index is 386. The van der Waals surface area contributed by atoms with Crippen molar-refractivity contribution >= 4 is 39.1 Å². The molecule has 0 fully saturated rings. The monoisotopic (exact) mass is 288 g/mol. The van der Waals surface area contributed by atoms with Crippen molar-refractivity contribution in [2.24, 2.45) is 0 Å². The van der Waals surface area contributed by atoms with E-state index in [2.05, 4.69) is 27.8 Å². The van der Waals surface area contributed by atoms with Gasteiger partial charge in [-0.15, -0.1) is 0 Å². The number of anilines is 1. The molecule has 80 valence electrons. The van der Waals surface area contributed by atoms with Crippen LogP contribution in [0.15, 0.2) is 29.3 Å². The van der Waals surface area contributed by atoms with Crippen LogP contribution in [-0.4, -0.2) is 12.5 Å². The predicted molar refractivity (Wildman–Crippen MR) is 66.3 cm³/mol. The van der Waals surface area contributed by atoms with Crippen LogP contribution in [0, 0.1) is 0 Å². The second-order valence-corrected chi connectivity index (χ2v) is 4.53. The van der Waals surface area contributed by atoms with Crippen LogP contribution in [-0.2, 0) is 0 Å². The molecule has 1 rings (SSSR count). The number of hydrogen-bond acceptors (Lipinski definition) is 2. The topological polar surface area (TPSA) is 55.1 Å². The molecule has 0 bridgehead atoms. The number of nitrogens with two attached hydrogens (primary N) is 1. The summed E-state index contributed by atoms with van der Waals surface area (Å²) in [5.41, 5.74) is 6.46. The molecular formula is C10H10BrClN2O. The number of nitrogens with one attached hydrogen (secondary N) is 1. The van der Waals surface area contributed by atoms with Crippen molar-refractivity contribution < 1.29 is 4.79 Å². The van der Waals surface area contributed by atoms with E-state index >= 15 is 0 Å². The summed E-state index contributed by atoms with van der Waals surface area (Å²) < 4.78 is 0.700. The highest BCUT2D eigenvalue weighted by atomic mass is 79.9. The first-order valence-electron chi connectivity index (χ1n) is 4.16. The fourth-order valence-electron chi connectivity index (χ4n) is 1.02. The van der Waals surface area contributed by atoms with Gasteiger partial charge in [0, 0.05) is 27.3 Å². The van der Waals surface area contributed by atoms with Gasteiger partial charge in [0.1, 0.15) is 0 Å². The number of amides is 1. The summed E-state index contributed by atoms with van der Waals surface area (Å²) in [5, 5.41) is 3.10. The molecule has 0 aliphatic heterocycles. The van der Waals surface area contributed by atoms with Crippen molar-refractivity contribution in [3.05, 3.63) is 39.8 Å². The summed E-state index contributed by atoms with van der Waals surface area (Å²) in [6.07, 6.45) is 0. The minimum Gasteiger partial charge on any atom is -0.399 e. The number of halogens is 2. The van der Waals surface area contributed by atoms with E-state index in [0.717, 1.165) is 0 Å². The third-order valence-corrected chi connectivity index (χ3v) is 2.12.